The van der Waals surface area contributed by atoms with Crippen molar-refractivity contribution >= 4 is 22.7 Å². The molecule has 1 N–H and O–H groups in total. The molecule has 2 aliphatic rings. The van der Waals surface area contributed by atoms with Gasteiger partial charge in [-0.15, -0.1) is 0 Å². The number of likely N-dealkylation sites (N-methyl/N-ethyl adjacent to an activating group) is 1. The summed E-state index contributed by atoms with van der Waals surface area (Å²) in [5.41, 5.74) is 2.39. The minimum Gasteiger partial charge on any atom is -0.508 e. The number of carbonyl (C=O) groups is 2. The van der Waals surface area contributed by atoms with Crippen LogP contribution in [-0.4, -0.2) is 82.0 Å². The van der Waals surface area contributed by atoms with Gasteiger partial charge in [0.2, 0.25) is 5.91 Å². The molecule has 0 bridgehead atoms. The quantitative estimate of drug-likeness (QED) is 0.820. The van der Waals surface area contributed by atoms with E-state index in [1.165, 1.54) is 0 Å². The molecule has 2 aromatic rings. The van der Waals surface area contributed by atoms with Gasteiger partial charge in [-0.3, -0.25) is 14.5 Å². The molecule has 3 heterocycles. The minimum atomic E-state index is -0.255. The second-order valence-electron chi connectivity index (χ2n) is 7.28. The van der Waals surface area contributed by atoms with Crippen LogP contribution in [-0.2, 0) is 11.8 Å². The minimum absolute atomic E-state index is 0.0700. The van der Waals surface area contributed by atoms with Gasteiger partial charge < -0.3 is 19.5 Å². The van der Waals surface area contributed by atoms with Gasteiger partial charge in [0, 0.05) is 63.4 Å². The van der Waals surface area contributed by atoms with Crippen molar-refractivity contribution in [2.45, 2.75) is 13.0 Å². The molecule has 2 saturated heterocycles. The predicted molar refractivity (Wildman–Crippen MR) is 98.2 cm³/mol. The molecule has 1 atom stereocenters. The summed E-state index contributed by atoms with van der Waals surface area (Å²) < 4.78 is 1.97. The Labute approximate surface area is 152 Å². The van der Waals surface area contributed by atoms with E-state index in [0.717, 1.165) is 29.7 Å². The number of phenols is 1. The molecule has 0 radical (unpaired) electrons. The SMILES string of the molecule is Cc1c(C(=O)N2CCN3CCN(C)C(=O)C3C2)c2cc(O)ccc2n1C. The third kappa shape index (κ3) is 2.46. The first-order valence-corrected chi connectivity index (χ1v) is 8.95. The van der Waals surface area contributed by atoms with E-state index in [-0.39, 0.29) is 23.6 Å². The van der Waals surface area contributed by atoms with Crippen LogP contribution >= 0.6 is 0 Å². The van der Waals surface area contributed by atoms with Gasteiger partial charge in [0.05, 0.1) is 5.56 Å². The van der Waals surface area contributed by atoms with Crippen molar-refractivity contribution in [3.8, 4) is 5.75 Å². The molecular weight excluding hydrogens is 332 g/mol. The summed E-state index contributed by atoms with van der Waals surface area (Å²) in [7, 11) is 3.74. The van der Waals surface area contributed by atoms with Crippen molar-refractivity contribution in [3.63, 3.8) is 0 Å². The van der Waals surface area contributed by atoms with Gasteiger partial charge in [0.1, 0.15) is 11.8 Å². The maximum atomic E-state index is 13.3. The van der Waals surface area contributed by atoms with Crippen molar-refractivity contribution in [2.24, 2.45) is 7.05 Å². The lowest BCUT2D eigenvalue weighted by molar-refractivity contribution is -0.142. The molecule has 0 spiro atoms. The molecule has 7 heteroatoms. The monoisotopic (exact) mass is 356 g/mol. The summed E-state index contributed by atoms with van der Waals surface area (Å²) in [4.78, 5) is 31.5. The summed E-state index contributed by atoms with van der Waals surface area (Å²) in [6.45, 7) is 5.25. The Bertz CT molecular complexity index is 904. The molecule has 0 saturated carbocycles. The summed E-state index contributed by atoms with van der Waals surface area (Å²) in [6, 6.07) is 4.85. The van der Waals surface area contributed by atoms with Crippen LogP contribution in [0.4, 0.5) is 0 Å². The molecular formula is C19H24N4O3. The van der Waals surface area contributed by atoms with E-state index in [9.17, 15) is 14.7 Å². The lowest BCUT2D eigenvalue weighted by Crippen LogP contribution is -2.64. The van der Waals surface area contributed by atoms with Crippen LogP contribution in [0.2, 0.25) is 0 Å². The first-order valence-electron chi connectivity index (χ1n) is 8.95. The standard InChI is InChI=1S/C19H24N4O3/c1-12-17(14-10-13(24)4-5-15(14)21(12)3)19(26)23-9-8-22-7-6-20(2)18(25)16(22)11-23/h4-5,10,16,24H,6-9,11H2,1-3H3. The second kappa shape index (κ2) is 6.02. The number of aryl methyl sites for hydroxylation is 1. The lowest BCUT2D eigenvalue weighted by atomic mass is 10.0. The molecule has 1 aromatic heterocycles. The largest absolute Gasteiger partial charge is 0.508 e. The number of hydrogen-bond acceptors (Lipinski definition) is 4. The van der Waals surface area contributed by atoms with E-state index in [1.54, 1.807) is 21.9 Å². The van der Waals surface area contributed by atoms with Gasteiger partial charge in [-0.05, 0) is 25.1 Å². The topological polar surface area (TPSA) is 69.0 Å². The Morgan fingerprint density at radius 3 is 2.65 bits per heavy atom. The fourth-order valence-corrected chi connectivity index (χ4v) is 4.14. The first-order chi connectivity index (χ1) is 12.4. The highest BCUT2D eigenvalue weighted by Crippen LogP contribution is 2.30. The zero-order chi connectivity index (χ0) is 18.6. The van der Waals surface area contributed by atoms with Gasteiger partial charge in [-0.1, -0.05) is 0 Å². The molecule has 1 aromatic carbocycles. The van der Waals surface area contributed by atoms with Crippen molar-refractivity contribution < 1.29 is 14.7 Å². The van der Waals surface area contributed by atoms with E-state index in [2.05, 4.69) is 4.90 Å². The third-order valence-electron chi connectivity index (χ3n) is 5.85. The van der Waals surface area contributed by atoms with Crippen molar-refractivity contribution in [2.75, 3.05) is 39.8 Å². The number of aromatic hydroxyl groups is 1. The lowest BCUT2D eigenvalue weighted by Gasteiger charge is -2.45. The van der Waals surface area contributed by atoms with Crippen LogP contribution in [0, 0.1) is 6.92 Å². The van der Waals surface area contributed by atoms with Crippen molar-refractivity contribution in [3.05, 3.63) is 29.5 Å². The zero-order valence-electron chi connectivity index (χ0n) is 15.4. The molecule has 1 unspecified atom stereocenters. The summed E-state index contributed by atoms with van der Waals surface area (Å²) in [5.74, 6) is 0.159. The number of carbonyl (C=O) groups excluding carboxylic acids is 2. The Morgan fingerprint density at radius 1 is 1.15 bits per heavy atom. The van der Waals surface area contributed by atoms with Crippen LogP contribution in [0.25, 0.3) is 10.9 Å². The van der Waals surface area contributed by atoms with E-state index in [0.29, 0.717) is 25.2 Å². The Morgan fingerprint density at radius 2 is 1.88 bits per heavy atom. The van der Waals surface area contributed by atoms with Crippen LogP contribution in [0.5, 0.6) is 5.75 Å². The average molecular weight is 356 g/mol. The maximum Gasteiger partial charge on any atom is 0.256 e. The summed E-state index contributed by atoms with van der Waals surface area (Å²) >= 11 is 0. The number of phenolic OH excluding ortho intramolecular Hbond substituents is 1. The summed E-state index contributed by atoms with van der Waals surface area (Å²) in [5, 5.41) is 10.6. The van der Waals surface area contributed by atoms with Crippen LogP contribution in [0.3, 0.4) is 0 Å². The number of hydrogen-bond donors (Lipinski definition) is 1. The van der Waals surface area contributed by atoms with Crippen LogP contribution < -0.4 is 0 Å². The Balaban J connectivity index is 1.68. The van der Waals surface area contributed by atoms with Gasteiger partial charge in [-0.2, -0.15) is 0 Å². The Kier molecular flexibility index (Phi) is 3.91. The fraction of sp³-hybridized carbons (Fsp3) is 0.474. The average Bonchev–Trinajstić information content (AvgIpc) is 2.87. The van der Waals surface area contributed by atoms with Crippen LogP contribution in [0.1, 0.15) is 16.1 Å². The van der Waals surface area contributed by atoms with Crippen LogP contribution in [0.15, 0.2) is 18.2 Å². The number of aromatic nitrogens is 1. The first kappa shape index (κ1) is 16.9. The second-order valence-corrected chi connectivity index (χ2v) is 7.28. The maximum absolute atomic E-state index is 13.3. The number of nitrogens with zero attached hydrogens (tertiary/aromatic N) is 4. The van der Waals surface area contributed by atoms with Gasteiger partial charge in [0.15, 0.2) is 0 Å². The number of rotatable bonds is 1. The predicted octanol–water partition coefficient (Wildman–Crippen LogP) is 0.791. The highest BCUT2D eigenvalue weighted by molar-refractivity contribution is 6.09. The van der Waals surface area contributed by atoms with E-state index in [1.807, 2.05) is 31.7 Å². The molecule has 2 amide bonds. The number of amides is 2. The highest BCUT2D eigenvalue weighted by atomic mass is 16.3. The number of piperazine rings is 2. The third-order valence-corrected chi connectivity index (χ3v) is 5.85. The van der Waals surface area contributed by atoms with E-state index < -0.39 is 0 Å². The Hall–Kier alpha value is -2.54. The van der Waals surface area contributed by atoms with Gasteiger partial charge >= 0.3 is 0 Å². The molecule has 26 heavy (non-hydrogen) atoms. The molecule has 0 aliphatic carbocycles. The summed E-state index contributed by atoms with van der Waals surface area (Å²) in [6.07, 6.45) is 0. The normalized spacial score (nSPS) is 21.3. The molecule has 138 valence electrons. The highest BCUT2D eigenvalue weighted by Gasteiger charge is 2.39. The van der Waals surface area contributed by atoms with Gasteiger partial charge in [-0.25, -0.2) is 0 Å². The van der Waals surface area contributed by atoms with E-state index in [4.69, 9.17) is 0 Å². The van der Waals surface area contributed by atoms with Crippen molar-refractivity contribution in [1.82, 2.24) is 19.3 Å². The molecule has 4 rings (SSSR count). The van der Waals surface area contributed by atoms with Crippen molar-refractivity contribution in [1.29, 1.82) is 0 Å². The number of fused-ring (bicyclic) bond motifs is 2. The smallest absolute Gasteiger partial charge is 0.256 e. The zero-order valence-corrected chi connectivity index (χ0v) is 15.4. The van der Waals surface area contributed by atoms with E-state index >= 15 is 0 Å². The molecule has 2 fully saturated rings. The fourth-order valence-electron chi connectivity index (χ4n) is 4.14. The molecule has 2 aliphatic heterocycles. The number of benzene rings is 1. The van der Waals surface area contributed by atoms with Gasteiger partial charge in [0.25, 0.3) is 5.91 Å². The molecule has 7 nitrogen and oxygen atoms in total.